The van der Waals surface area contributed by atoms with E-state index >= 15 is 0 Å². The van der Waals surface area contributed by atoms with Crippen LogP contribution in [0.2, 0.25) is 0 Å². The lowest BCUT2D eigenvalue weighted by Crippen LogP contribution is -2.44. The van der Waals surface area contributed by atoms with Gasteiger partial charge in [-0.15, -0.1) is 0 Å². The van der Waals surface area contributed by atoms with Crippen LogP contribution in [0.15, 0.2) is 88.5 Å². The molecule has 4 rings (SSSR count). The number of aromatic nitrogens is 2. The zero-order chi connectivity index (χ0) is 29.0. The van der Waals surface area contributed by atoms with Gasteiger partial charge in [0, 0.05) is 5.56 Å². The quantitative estimate of drug-likeness (QED) is 0.314. The highest BCUT2D eigenvalue weighted by Gasteiger charge is 2.26. The molecule has 1 amide bonds. The van der Waals surface area contributed by atoms with Gasteiger partial charge < -0.3 is 15.5 Å². The maximum absolute atomic E-state index is 13.9. The molecule has 3 N–H and O–H groups in total. The highest BCUT2D eigenvalue weighted by molar-refractivity contribution is 5.98. The number of hydrogen-bond acceptors (Lipinski definition) is 6. The third-order valence-electron chi connectivity index (χ3n) is 6.56. The maximum Gasteiger partial charge on any atom is 0.338 e. The molecule has 0 unspecified atom stereocenters. The van der Waals surface area contributed by atoms with Crippen LogP contribution in [0.4, 0.5) is 0 Å². The van der Waals surface area contributed by atoms with Gasteiger partial charge in [0.1, 0.15) is 6.61 Å². The van der Waals surface area contributed by atoms with Crippen molar-refractivity contribution in [2.75, 3.05) is 13.2 Å². The van der Waals surface area contributed by atoms with Crippen molar-refractivity contribution in [3.8, 4) is 22.7 Å². The highest BCUT2D eigenvalue weighted by Crippen LogP contribution is 2.26. The highest BCUT2D eigenvalue weighted by atomic mass is 16.3. The van der Waals surface area contributed by atoms with Crippen LogP contribution in [0.3, 0.4) is 0 Å². The predicted molar refractivity (Wildman–Crippen MR) is 152 cm³/mol. The van der Waals surface area contributed by atoms with Crippen LogP contribution in [0, 0.1) is 0 Å². The Morgan fingerprint density at radius 1 is 0.875 bits per heavy atom. The number of rotatable bonds is 8. The number of aliphatic hydroxyl groups is 1. The number of aliphatic hydroxyl groups excluding tert-OH is 1. The monoisotopic (exact) mass is 541 g/mol. The molecule has 0 aliphatic heterocycles. The van der Waals surface area contributed by atoms with E-state index in [0.29, 0.717) is 11.1 Å². The van der Waals surface area contributed by atoms with Gasteiger partial charge >= 0.3 is 5.69 Å². The molecule has 9 nitrogen and oxygen atoms in total. The van der Waals surface area contributed by atoms with Crippen molar-refractivity contribution in [1.29, 1.82) is 0 Å². The number of nitrogens with zero attached hydrogens (tertiary/aromatic N) is 2. The molecule has 0 aliphatic rings. The average molecular weight is 542 g/mol. The van der Waals surface area contributed by atoms with E-state index < -0.39 is 47.5 Å². The molecule has 1 heterocycles. The smallest absolute Gasteiger partial charge is 0.338 e. The molecule has 0 saturated carbocycles. The number of carbonyl (C=O) groups excluding carboxylic acids is 2. The van der Waals surface area contributed by atoms with E-state index in [1.807, 2.05) is 54.6 Å². The summed E-state index contributed by atoms with van der Waals surface area (Å²) in [5, 5.41) is 22.4. The SMILES string of the molecule is CC(C)(C)c1ccc(Cn2c(O)c(C(=O)NCC(=O)CO)c(=O)n(-c3ccccc3-c3ccccc3)c2=O)cc1. The van der Waals surface area contributed by atoms with Crippen LogP contribution in [-0.4, -0.2) is 44.2 Å². The van der Waals surface area contributed by atoms with Gasteiger partial charge in [-0.2, -0.15) is 0 Å². The van der Waals surface area contributed by atoms with Crippen LogP contribution in [0.1, 0.15) is 42.3 Å². The molecule has 3 aromatic carbocycles. The number of ketones is 1. The Kier molecular flexibility index (Phi) is 8.16. The Morgan fingerprint density at radius 3 is 2.12 bits per heavy atom. The molecule has 0 saturated heterocycles. The molecule has 0 fully saturated rings. The summed E-state index contributed by atoms with van der Waals surface area (Å²) in [6, 6.07) is 23.4. The lowest BCUT2D eigenvalue weighted by molar-refractivity contribution is -0.120. The van der Waals surface area contributed by atoms with E-state index in [1.165, 1.54) is 0 Å². The second kappa shape index (κ2) is 11.5. The Hall–Kier alpha value is -4.76. The van der Waals surface area contributed by atoms with Gasteiger partial charge in [-0.05, 0) is 28.2 Å². The van der Waals surface area contributed by atoms with Crippen LogP contribution < -0.4 is 16.6 Å². The summed E-state index contributed by atoms with van der Waals surface area (Å²) in [7, 11) is 0. The molecule has 0 spiro atoms. The van der Waals surface area contributed by atoms with Gasteiger partial charge in [0.05, 0.1) is 18.8 Å². The molecule has 0 atom stereocenters. The summed E-state index contributed by atoms with van der Waals surface area (Å²) >= 11 is 0. The fourth-order valence-corrected chi connectivity index (χ4v) is 4.34. The molecular formula is C31H31N3O6. The van der Waals surface area contributed by atoms with Crippen LogP contribution >= 0.6 is 0 Å². The van der Waals surface area contributed by atoms with Crippen LogP contribution in [-0.2, 0) is 16.8 Å². The minimum absolute atomic E-state index is 0.0941. The van der Waals surface area contributed by atoms with Crippen LogP contribution in [0.5, 0.6) is 5.88 Å². The van der Waals surface area contributed by atoms with Gasteiger partial charge in [0.2, 0.25) is 5.88 Å². The molecule has 9 heteroatoms. The molecule has 4 aromatic rings. The first-order chi connectivity index (χ1) is 19.0. The third-order valence-corrected chi connectivity index (χ3v) is 6.56. The molecule has 206 valence electrons. The second-order valence-electron chi connectivity index (χ2n) is 10.4. The van der Waals surface area contributed by atoms with E-state index in [2.05, 4.69) is 26.1 Å². The lowest BCUT2D eigenvalue weighted by Gasteiger charge is -2.20. The first-order valence-electron chi connectivity index (χ1n) is 12.8. The number of para-hydroxylation sites is 1. The molecule has 0 aliphatic carbocycles. The van der Waals surface area contributed by atoms with Gasteiger partial charge in [0.15, 0.2) is 11.3 Å². The standard InChI is InChI=1S/C31H31N3O6/c1-31(2,3)22-15-13-20(14-16-22)18-33-28(38)26(27(37)32-17-23(36)19-35)29(39)34(30(33)40)25-12-8-7-11-24(25)21-9-5-4-6-10-21/h4-16,35,38H,17-19H2,1-3H3,(H,32,37). The maximum atomic E-state index is 13.9. The summed E-state index contributed by atoms with van der Waals surface area (Å²) < 4.78 is 1.81. The van der Waals surface area contributed by atoms with Gasteiger partial charge in [-0.3, -0.25) is 19.0 Å². The Bertz CT molecular complexity index is 1660. The predicted octanol–water partition coefficient (Wildman–Crippen LogP) is 3.01. The number of carbonyl (C=O) groups is 2. The topological polar surface area (TPSA) is 131 Å². The summed E-state index contributed by atoms with van der Waals surface area (Å²) in [4.78, 5) is 52.2. The van der Waals surface area contributed by atoms with E-state index in [1.54, 1.807) is 24.3 Å². The van der Waals surface area contributed by atoms with Gasteiger partial charge in [-0.1, -0.05) is 93.6 Å². The first-order valence-corrected chi connectivity index (χ1v) is 12.8. The normalized spacial score (nSPS) is 11.3. The number of nitrogens with one attached hydrogen (secondary N) is 1. The van der Waals surface area contributed by atoms with E-state index in [-0.39, 0.29) is 17.6 Å². The minimum Gasteiger partial charge on any atom is -0.494 e. The Labute approximate surface area is 231 Å². The Balaban J connectivity index is 1.93. The van der Waals surface area contributed by atoms with Gasteiger partial charge in [0.25, 0.3) is 11.5 Å². The Morgan fingerprint density at radius 2 is 1.50 bits per heavy atom. The molecule has 0 radical (unpaired) electrons. The molecule has 0 bridgehead atoms. The fourth-order valence-electron chi connectivity index (χ4n) is 4.34. The largest absolute Gasteiger partial charge is 0.494 e. The summed E-state index contributed by atoms with van der Waals surface area (Å²) in [6.45, 7) is 4.74. The zero-order valence-corrected chi connectivity index (χ0v) is 22.5. The molecule has 40 heavy (non-hydrogen) atoms. The van der Waals surface area contributed by atoms with Crippen molar-refractivity contribution in [3.63, 3.8) is 0 Å². The van der Waals surface area contributed by atoms with Crippen molar-refractivity contribution >= 4 is 11.7 Å². The second-order valence-corrected chi connectivity index (χ2v) is 10.4. The van der Waals surface area contributed by atoms with Crippen LogP contribution in [0.25, 0.3) is 16.8 Å². The van der Waals surface area contributed by atoms with Crippen molar-refractivity contribution in [2.24, 2.45) is 0 Å². The number of benzene rings is 3. The summed E-state index contributed by atoms with van der Waals surface area (Å²) in [5.74, 6) is -2.56. The number of hydrogen-bond donors (Lipinski definition) is 3. The van der Waals surface area contributed by atoms with Crippen molar-refractivity contribution in [1.82, 2.24) is 14.5 Å². The minimum atomic E-state index is -1.05. The fraction of sp³-hybridized carbons (Fsp3) is 0.226. The number of aromatic hydroxyl groups is 1. The first kappa shape index (κ1) is 28.3. The number of Topliss-reactive ketones (excluding diaryl/α,β-unsaturated/α-hetero) is 1. The van der Waals surface area contributed by atoms with Gasteiger partial charge in [-0.25, -0.2) is 9.36 Å². The molecular weight excluding hydrogens is 510 g/mol. The van der Waals surface area contributed by atoms with E-state index in [0.717, 1.165) is 20.3 Å². The third kappa shape index (κ3) is 5.79. The molecule has 1 aromatic heterocycles. The summed E-state index contributed by atoms with van der Waals surface area (Å²) in [5.41, 5.74) is 0.589. The van der Waals surface area contributed by atoms with Crippen molar-refractivity contribution in [3.05, 3.63) is 116 Å². The summed E-state index contributed by atoms with van der Waals surface area (Å²) in [6.07, 6.45) is 0. The van der Waals surface area contributed by atoms with Crippen molar-refractivity contribution < 1.29 is 19.8 Å². The van der Waals surface area contributed by atoms with Crippen molar-refractivity contribution in [2.45, 2.75) is 32.7 Å². The lowest BCUT2D eigenvalue weighted by atomic mass is 9.87. The van der Waals surface area contributed by atoms with E-state index in [9.17, 15) is 24.3 Å². The average Bonchev–Trinajstić information content (AvgIpc) is 2.94. The zero-order valence-electron chi connectivity index (χ0n) is 22.5. The number of amides is 1. The van der Waals surface area contributed by atoms with E-state index in [4.69, 9.17) is 5.11 Å².